The van der Waals surface area contributed by atoms with E-state index < -0.39 is 0 Å². The number of carbonyl (C=O) groups is 1. The van der Waals surface area contributed by atoms with Gasteiger partial charge in [0.05, 0.1) is 17.1 Å². The van der Waals surface area contributed by atoms with E-state index in [9.17, 15) is 4.79 Å². The van der Waals surface area contributed by atoms with E-state index in [4.69, 9.17) is 4.74 Å². The number of pyridine rings is 1. The third-order valence-corrected chi connectivity index (χ3v) is 5.59. The Morgan fingerprint density at radius 1 is 1.04 bits per heavy atom. The molecule has 0 spiro atoms. The Morgan fingerprint density at radius 2 is 1.82 bits per heavy atom. The summed E-state index contributed by atoms with van der Waals surface area (Å²) in [5, 5.41) is 0. The van der Waals surface area contributed by atoms with E-state index in [0.29, 0.717) is 4.88 Å². The van der Waals surface area contributed by atoms with Crippen LogP contribution in [0, 0.1) is 0 Å². The first-order chi connectivity index (χ1) is 12.8. The molecule has 4 nitrogen and oxygen atoms in total. The number of nitrogens with zero attached hydrogens (tertiary/aromatic N) is 2. The van der Waals surface area contributed by atoms with Gasteiger partial charge in [-0.3, -0.25) is 4.98 Å². The van der Waals surface area contributed by atoms with Crippen LogP contribution in [0.15, 0.2) is 66.9 Å². The molecule has 1 atom stereocenters. The monoisotopic (exact) mass is 436 g/mol. The molecule has 0 bridgehead atoms. The molecule has 0 saturated carbocycles. The highest BCUT2D eigenvalue weighted by Gasteiger charge is 2.24. The van der Waals surface area contributed by atoms with Gasteiger partial charge in [-0.15, -0.1) is 36.2 Å². The molecular formula is C21H22Cl2N2O2S. The number of para-hydroxylation sites is 1. The van der Waals surface area contributed by atoms with Crippen molar-refractivity contribution in [3.05, 3.63) is 71.7 Å². The zero-order valence-corrected chi connectivity index (χ0v) is 17.6. The third-order valence-electron chi connectivity index (χ3n) is 4.50. The maximum absolute atomic E-state index is 12.5. The smallest absolute Gasteiger partial charge is 0.348 e. The second-order valence-electron chi connectivity index (χ2n) is 6.33. The van der Waals surface area contributed by atoms with Crippen molar-refractivity contribution in [2.75, 3.05) is 18.0 Å². The molecule has 3 heterocycles. The number of piperidine rings is 1. The van der Waals surface area contributed by atoms with Crippen molar-refractivity contribution < 1.29 is 9.53 Å². The SMILES string of the molecule is Cl.Cl.O=C(OC1CCCN(c2ccccc2)C1)c1ccc(-c2ccccn2)s1. The van der Waals surface area contributed by atoms with Gasteiger partial charge in [0, 0.05) is 18.4 Å². The zero-order valence-electron chi connectivity index (χ0n) is 15.2. The molecule has 1 unspecified atom stereocenters. The van der Waals surface area contributed by atoms with E-state index >= 15 is 0 Å². The van der Waals surface area contributed by atoms with Crippen molar-refractivity contribution in [3.63, 3.8) is 0 Å². The minimum absolute atomic E-state index is 0. The molecule has 1 fully saturated rings. The van der Waals surface area contributed by atoms with E-state index in [1.807, 2.05) is 48.5 Å². The molecule has 4 rings (SSSR count). The van der Waals surface area contributed by atoms with Crippen molar-refractivity contribution in [2.24, 2.45) is 0 Å². The van der Waals surface area contributed by atoms with Crippen LogP contribution in [-0.4, -0.2) is 30.1 Å². The summed E-state index contributed by atoms with van der Waals surface area (Å²) in [6.07, 6.45) is 3.62. The summed E-state index contributed by atoms with van der Waals surface area (Å²) in [5.41, 5.74) is 2.06. The van der Waals surface area contributed by atoms with Crippen molar-refractivity contribution in [1.29, 1.82) is 0 Å². The van der Waals surface area contributed by atoms with E-state index in [1.165, 1.54) is 17.0 Å². The van der Waals surface area contributed by atoms with Gasteiger partial charge in [-0.05, 0) is 49.2 Å². The van der Waals surface area contributed by atoms with Crippen molar-refractivity contribution in [1.82, 2.24) is 4.98 Å². The Kier molecular flexibility index (Phi) is 8.30. The number of halogens is 2. The lowest BCUT2D eigenvalue weighted by atomic mass is 10.1. The largest absolute Gasteiger partial charge is 0.456 e. The van der Waals surface area contributed by atoms with Crippen LogP contribution in [0.25, 0.3) is 10.6 Å². The normalized spacial score (nSPS) is 15.9. The van der Waals surface area contributed by atoms with Gasteiger partial charge in [-0.25, -0.2) is 4.79 Å². The molecule has 1 saturated heterocycles. The van der Waals surface area contributed by atoms with Gasteiger partial charge in [-0.1, -0.05) is 24.3 Å². The Labute approximate surface area is 181 Å². The van der Waals surface area contributed by atoms with Crippen LogP contribution in [0.3, 0.4) is 0 Å². The average Bonchev–Trinajstić information content (AvgIpc) is 3.20. The first-order valence-electron chi connectivity index (χ1n) is 8.82. The second-order valence-corrected chi connectivity index (χ2v) is 7.41. The Morgan fingerprint density at radius 3 is 2.57 bits per heavy atom. The molecule has 28 heavy (non-hydrogen) atoms. The fraction of sp³-hybridized carbons (Fsp3) is 0.238. The van der Waals surface area contributed by atoms with E-state index in [2.05, 4.69) is 22.0 Å². The van der Waals surface area contributed by atoms with Crippen LogP contribution in [0.5, 0.6) is 0 Å². The molecule has 2 aromatic heterocycles. The summed E-state index contributed by atoms with van der Waals surface area (Å²) >= 11 is 1.43. The van der Waals surface area contributed by atoms with Gasteiger partial charge in [-0.2, -0.15) is 0 Å². The molecule has 148 valence electrons. The highest BCUT2D eigenvalue weighted by Crippen LogP contribution is 2.28. The number of anilines is 1. The topological polar surface area (TPSA) is 42.4 Å². The number of thiophene rings is 1. The standard InChI is InChI=1S/C21H20N2O2S.2ClH/c24-21(20-12-11-19(26-20)18-10-4-5-13-22-18)25-17-9-6-14-23(15-17)16-7-2-1-3-8-16;;/h1-5,7-8,10-13,17H,6,9,14-15H2;2*1H. The fourth-order valence-electron chi connectivity index (χ4n) is 3.21. The maximum atomic E-state index is 12.5. The second kappa shape index (κ2) is 10.5. The number of rotatable bonds is 4. The summed E-state index contributed by atoms with van der Waals surface area (Å²) in [5.74, 6) is -0.239. The average molecular weight is 437 g/mol. The Balaban J connectivity index is 0.00000140. The Hall–Kier alpha value is -2.08. The summed E-state index contributed by atoms with van der Waals surface area (Å²) in [6, 6.07) is 19.8. The predicted molar refractivity (Wildman–Crippen MR) is 119 cm³/mol. The van der Waals surface area contributed by atoms with Crippen LogP contribution >= 0.6 is 36.2 Å². The first-order valence-corrected chi connectivity index (χ1v) is 9.63. The molecule has 3 aromatic rings. The van der Waals surface area contributed by atoms with Gasteiger partial charge in [0.15, 0.2) is 0 Å². The molecular weight excluding hydrogens is 415 g/mol. The number of aromatic nitrogens is 1. The summed E-state index contributed by atoms with van der Waals surface area (Å²) in [4.78, 5) is 20.8. The quantitative estimate of drug-likeness (QED) is 0.507. The number of carbonyl (C=O) groups excluding carboxylic acids is 1. The third kappa shape index (κ3) is 5.25. The van der Waals surface area contributed by atoms with Gasteiger partial charge in [0.25, 0.3) is 0 Å². The minimum Gasteiger partial charge on any atom is -0.456 e. The van der Waals surface area contributed by atoms with Crippen LogP contribution in [0.2, 0.25) is 0 Å². The lowest BCUT2D eigenvalue weighted by molar-refractivity contribution is 0.0275. The predicted octanol–water partition coefficient (Wildman–Crippen LogP) is 5.48. The molecule has 7 heteroatoms. The minimum atomic E-state index is -0.239. The highest BCUT2D eigenvalue weighted by molar-refractivity contribution is 7.17. The van der Waals surface area contributed by atoms with Crippen molar-refractivity contribution in [2.45, 2.75) is 18.9 Å². The van der Waals surface area contributed by atoms with Crippen LogP contribution in [-0.2, 0) is 4.74 Å². The first kappa shape index (κ1) is 22.2. The number of esters is 1. The molecule has 1 aliphatic rings. The molecule has 0 radical (unpaired) electrons. The number of benzene rings is 1. The number of hydrogen-bond acceptors (Lipinski definition) is 5. The van der Waals surface area contributed by atoms with E-state index in [-0.39, 0.29) is 36.9 Å². The van der Waals surface area contributed by atoms with E-state index in [0.717, 1.165) is 36.5 Å². The fourth-order valence-corrected chi connectivity index (χ4v) is 4.08. The van der Waals surface area contributed by atoms with Gasteiger partial charge >= 0.3 is 5.97 Å². The van der Waals surface area contributed by atoms with Crippen molar-refractivity contribution in [3.8, 4) is 10.6 Å². The lowest BCUT2D eigenvalue weighted by Crippen LogP contribution is -2.40. The van der Waals surface area contributed by atoms with Gasteiger partial charge in [0.1, 0.15) is 11.0 Å². The zero-order chi connectivity index (χ0) is 17.8. The summed E-state index contributed by atoms with van der Waals surface area (Å²) in [6.45, 7) is 1.75. The Bertz CT molecular complexity index is 874. The number of hydrogen-bond donors (Lipinski definition) is 0. The summed E-state index contributed by atoms with van der Waals surface area (Å²) in [7, 11) is 0. The summed E-state index contributed by atoms with van der Waals surface area (Å²) < 4.78 is 5.79. The molecule has 0 amide bonds. The van der Waals surface area contributed by atoms with E-state index in [1.54, 1.807) is 6.20 Å². The number of ether oxygens (including phenoxy) is 1. The highest BCUT2D eigenvalue weighted by atomic mass is 35.5. The van der Waals surface area contributed by atoms with Gasteiger partial charge < -0.3 is 9.64 Å². The van der Waals surface area contributed by atoms with Gasteiger partial charge in [0.2, 0.25) is 0 Å². The van der Waals surface area contributed by atoms with Crippen LogP contribution in [0.1, 0.15) is 22.5 Å². The van der Waals surface area contributed by atoms with Crippen LogP contribution < -0.4 is 4.90 Å². The molecule has 1 aromatic carbocycles. The van der Waals surface area contributed by atoms with Crippen molar-refractivity contribution >= 4 is 47.8 Å². The molecule has 0 aliphatic carbocycles. The molecule has 0 N–H and O–H groups in total. The molecule has 1 aliphatic heterocycles. The lowest BCUT2D eigenvalue weighted by Gasteiger charge is -2.33. The maximum Gasteiger partial charge on any atom is 0.348 e. The van der Waals surface area contributed by atoms with Crippen LogP contribution in [0.4, 0.5) is 5.69 Å².